The molecule has 1 N–H and O–H groups in total. The van der Waals surface area contributed by atoms with E-state index >= 15 is 0 Å². The standard InChI is InChI=1S/C15H23NO2/c1-5-12-7-9-13(10-8-12)14(6-2)16-11(3)15(17)18-4/h7-11,14,16H,5-6H2,1-4H3. The fourth-order valence-corrected chi connectivity index (χ4v) is 1.98. The number of carbonyl (C=O) groups excluding carboxylic acids is 1. The molecule has 3 nitrogen and oxygen atoms in total. The zero-order valence-electron chi connectivity index (χ0n) is 11.7. The zero-order chi connectivity index (χ0) is 13.5. The topological polar surface area (TPSA) is 38.3 Å². The Labute approximate surface area is 110 Å². The third-order valence-electron chi connectivity index (χ3n) is 3.20. The van der Waals surface area contributed by atoms with Gasteiger partial charge in [-0.1, -0.05) is 38.1 Å². The molecule has 0 bridgehead atoms. The van der Waals surface area contributed by atoms with Crippen molar-refractivity contribution in [3.8, 4) is 0 Å². The van der Waals surface area contributed by atoms with Crippen molar-refractivity contribution in [3.05, 3.63) is 35.4 Å². The zero-order valence-corrected chi connectivity index (χ0v) is 11.7. The third kappa shape index (κ3) is 3.84. The summed E-state index contributed by atoms with van der Waals surface area (Å²) in [5.74, 6) is -0.223. The highest BCUT2D eigenvalue weighted by atomic mass is 16.5. The molecule has 0 aliphatic heterocycles. The Morgan fingerprint density at radius 3 is 2.33 bits per heavy atom. The second-order valence-electron chi connectivity index (χ2n) is 4.47. The van der Waals surface area contributed by atoms with Crippen LogP contribution in [0.1, 0.15) is 44.4 Å². The fourth-order valence-electron chi connectivity index (χ4n) is 1.98. The summed E-state index contributed by atoms with van der Waals surface area (Å²) in [6.07, 6.45) is 1.98. The van der Waals surface area contributed by atoms with Gasteiger partial charge in [0.15, 0.2) is 0 Å². The number of esters is 1. The van der Waals surface area contributed by atoms with Gasteiger partial charge in [-0.15, -0.1) is 0 Å². The number of nitrogens with one attached hydrogen (secondary N) is 1. The van der Waals surface area contributed by atoms with Gasteiger partial charge in [0.2, 0.25) is 0 Å². The molecule has 2 unspecified atom stereocenters. The molecule has 18 heavy (non-hydrogen) atoms. The molecule has 0 spiro atoms. The number of hydrogen-bond donors (Lipinski definition) is 1. The van der Waals surface area contributed by atoms with Crippen molar-refractivity contribution in [2.75, 3.05) is 7.11 Å². The van der Waals surface area contributed by atoms with E-state index in [9.17, 15) is 4.79 Å². The molecule has 0 aliphatic carbocycles. The Balaban J connectivity index is 2.73. The maximum Gasteiger partial charge on any atom is 0.322 e. The smallest absolute Gasteiger partial charge is 0.322 e. The van der Waals surface area contributed by atoms with Crippen LogP contribution in [-0.4, -0.2) is 19.1 Å². The van der Waals surface area contributed by atoms with Gasteiger partial charge in [0.05, 0.1) is 7.11 Å². The molecule has 1 aromatic rings. The van der Waals surface area contributed by atoms with Crippen LogP contribution in [0.3, 0.4) is 0 Å². The van der Waals surface area contributed by atoms with Gasteiger partial charge in [-0.05, 0) is 30.9 Å². The summed E-state index contributed by atoms with van der Waals surface area (Å²) in [5, 5.41) is 3.30. The van der Waals surface area contributed by atoms with Gasteiger partial charge in [0.25, 0.3) is 0 Å². The van der Waals surface area contributed by atoms with Crippen molar-refractivity contribution in [1.82, 2.24) is 5.32 Å². The van der Waals surface area contributed by atoms with Crippen molar-refractivity contribution in [2.45, 2.75) is 45.7 Å². The lowest BCUT2D eigenvalue weighted by molar-refractivity contribution is -0.142. The first kappa shape index (κ1) is 14.7. The first-order valence-corrected chi connectivity index (χ1v) is 6.55. The molecule has 0 amide bonds. The number of hydrogen-bond acceptors (Lipinski definition) is 3. The van der Waals surface area contributed by atoms with E-state index in [1.165, 1.54) is 18.2 Å². The Kier molecular flexibility index (Phi) is 5.86. The maximum absolute atomic E-state index is 11.4. The molecular formula is C15H23NO2. The molecule has 0 fully saturated rings. The summed E-state index contributed by atoms with van der Waals surface area (Å²) in [4.78, 5) is 11.4. The molecular weight excluding hydrogens is 226 g/mol. The minimum absolute atomic E-state index is 0.185. The van der Waals surface area contributed by atoms with Crippen molar-refractivity contribution in [1.29, 1.82) is 0 Å². The lowest BCUT2D eigenvalue weighted by Crippen LogP contribution is -2.37. The highest BCUT2D eigenvalue weighted by Gasteiger charge is 2.18. The molecule has 2 atom stereocenters. The van der Waals surface area contributed by atoms with E-state index in [2.05, 4.69) is 43.4 Å². The van der Waals surface area contributed by atoms with Gasteiger partial charge in [0.1, 0.15) is 6.04 Å². The average molecular weight is 249 g/mol. The van der Waals surface area contributed by atoms with Crippen molar-refractivity contribution in [3.63, 3.8) is 0 Å². The summed E-state index contributed by atoms with van der Waals surface area (Å²) in [7, 11) is 1.41. The second kappa shape index (κ2) is 7.17. The maximum atomic E-state index is 11.4. The van der Waals surface area contributed by atoms with Crippen LogP contribution in [0, 0.1) is 0 Å². The highest BCUT2D eigenvalue weighted by Crippen LogP contribution is 2.18. The Morgan fingerprint density at radius 2 is 1.89 bits per heavy atom. The van der Waals surface area contributed by atoms with Gasteiger partial charge in [-0.2, -0.15) is 0 Å². The monoisotopic (exact) mass is 249 g/mol. The van der Waals surface area contributed by atoms with Gasteiger partial charge >= 0.3 is 5.97 Å². The minimum Gasteiger partial charge on any atom is -0.468 e. The van der Waals surface area contributed by atoms with Gasteiger partial charge in [0, 0.05) is 6.04 Å². The van der Waals surface area contributed by atoms with E-state index in [-0.39, 0.29) is 18.1 Å². The second-order valence-corrected chi connectivity index (χ2v) is 4.47. The summed E-state index contributed by atoms with van der Waals surface area (Å²) in [5.41, 5.74) is 2.54. The van der Waals surface area contributed by atoms with Crippen LogP contribution in [0.15, 0.2) is 24.3 Å². The van der Waals surface area contributed by atoms with Crippen LogP contribution < -0.4 is 5.32 Å². The van der Waals surface area contributed by atoms with E-state index in [1.807, 2.05) is 6.92 Å². The number of benzene rings is 1. The normalized spacial score (nSPS) is 14.0. The number of ether oxygens (including phenoxy) is 1. The molecule has 0 aromatic heterocycles. The summed E-state index contributed by atoms with van der Waals surface area (Å²) in [6, 6.07) is 8.44. The van der Waals surface area contributed by atoms with Crippen LogP contribution >= 0.6 is 0 Å². The first-order valence-electron chi connectivity index (χ1n) is 6.55. The van der Waals surface area contributed by atoms with Crippen LogP contribution in [0.4, 0.5) is 0 Å². The van der Waals surface area contributed by atoms with Crippen LogP contribution in [-0.2, 0) is 16.0 Å². The molecule has 0 saturated carbocycles. The molecule has 3 heteroatoms. The molecule has 0 radical (unpaired) electrons. The lowest BCUT2D eigenvalue weighted by Gasteiger charge is -2.21. The lowest BCUT2D eigenvalue weighted by atomic mass is 10.0. The van der Waals surface area contributed by atoms with Gasteiger partial charge < -0.3 is 4.74 Å². The predicted octanol–water partition coefficient (Wildman–Crippen LogP) is 2.85. The first-order chi connectivity index (χ1) is 8.62. The number of methoxy groups -OCH3 is 1. The number of rotatable bonds is 6. The minimum atomic E-state index is -0.286. The molecule has 1 rings (SSSR count). The van der Waals surface area contributed by atoms with E-state index in [0.717, 1.165) is 12.8 Å². The third-order valence-corrected chi connectivity index (χ3v) is 3.20. The molecule has 0 aliphatic rings. The SMILES string of the molecule is CCc1ccc(C(CC)NC(C)C(=O)OC)cc1. The van der Waals surface area contributed by atoms with Crippen LogP contribution in [0.2, 0.25) is 0 Å². The van der Waals surface area contributed by atoms with Crippen molar-refractivity contribution >= 4 is 5.97 Å². The van der Waals surface area contributed by atoms with Gasteiger partial charge in [-0.25, -0.2) is 0 Å². The summed E-state index contributed by atoms with van der Waals surface area (Å²) >= 11 is 0. The fraction of sp³-hybridized carbons (Fsp3) is 0.533. The quantitative estimate of drug-likeness (QED) is 0.788. The van der Waals surface area contributed by atoms with Crippen molar-refractivity contribution < 1.29 is 9.53 Å². The van der Waals surface area contributed by atoms with Crippen molar-refractivity contribution in [2.24, 2.45) is 0 Å². The highest BCUT2D eigenvalue weighted by molar-refractivity contribution is 5.75. The van der Waals surface area contributed by atoms with E-state index in [1.54, 1.807) is 0 Å². The van der Waals surface area contributed by atoms with E-state index in [0.29, 0.717) is 0 Å². The molecule has 0 heterocycles. The van der Waals surface area contributed by atoms with Crippen LogP contribution in [0.5, 0.6) is 0 Å². The van der Waals surface area contributed by atoms with Crippen LogP contribution in [0.25, 0.3) is 0 Å². The number of carbonyl (C=O) groups is 1. The van der Waals surface area contributed by atoms with E-state index < -0.39 is 0 Å². The average Bonchev–Trinajstić information content (AvgIpc) is 2.43. The molecule has 1 aromatic carbocycles. The molecule has 100 valence electrons. The Bertz CT molecular complexity index is 373. The molecule has 0 saturated heterocycles. The summed E-state index contributed by atoms with van der Waals surface area (Å²) < 4.78 is 4.73. The predicted molar refractivity (Wildman–Crippen MR) is 73.5 cm³/mol. The van der Waals surface area contributed by atoms with Gasteiger partial charge in [-0.3, -0.25) is 10.1 Å². The summed E-state index contributed by atoms with van der Waals surface area (Å²) in [6.45, 7) is 6.08. The Hall–Kier alpha value is -1.35. The Morgan fingerprint density at radius 1 is 1.28 bits per heavy atom. The van der Waals surface area contributed by atoms with E-state index in [4.69, 9.17) is 4.74 Å². The number of aryl methyl sites for hydroxylation is 1. The largest absolute Gasteiger partial charge is 0.468 e.